The molecule has 4 aromatic carbocycles. The van der Waals surface area contributed by atoms with Crippen molar-refractivity contribution in [3.8, 4) is 11.1 Å². The minimum Gasteiger partial charge on any atom is -0.373 e. The summed E-state index contributed by atoms with van der Waals surface area (Å²) in [5, 5.41) is 9.49. The first-order valence-electron chi connectivity index (χ1n) is 17.4. The molecule has 0 aliphatic heterocycles. The van der Waals surface area contributed by atoms with E-state index in [1.54, 1.807) is 30.1 Å². The van der Waals surface area contributed by atoms with Gasteiger partial charge in [0.1, 0.15) is 6.04 Å². The summed E-state index contributed by atoms with van der Waals surface area (Å²) < 4.78 is 0. The molecular weight excluding hydrogens is 610 g/mol. The lowest BCUT2D eigenvalue weighted by Crippen LogP contribution is -2.43. The number of unbranched alkanes of at least 4 members (excludes halogenated alkanes) is 4. The lowest BCUT2D eigenvalue weighted by molar-refractivity contribution is -0.121. The Morgan fingerprint density at radius 1 is 0.694 bits per heavy atom. The number of nitrogens with one attached hydrogen (secondary N) is 3. The van der Waals surface area contributed by atoms with Gasteiger partial charge < -0.3 is 20.9 Å². The average molecular weight is 662 g/mol. The summed E-state index contributed by atoms with van der Waals surface area (Å²) in [6.07, 6.45) is 6.17. The van der Waals surface area contributed by atoms with Crippen LogP contribution in [0.4, 0.5) is 16.2 Å². The normalized spacial score (nSPS) is 11.5. The summed E-state index contributed by atoms with van der Waals surface area (Å²) in [4.78, 5) is 43.4. The van der Waals surface area contributed by atoms with Gasteiger partial charge in [0.2, 0.25) is 5.91 Å². The maximum Gasteiger partial charge on any atom is 0.321 e. The number of amides is 3. The molecule has 0 aromatic heterocycles. The Morgan fingerprint density at radius 2 is 1.41 bits per heavy atom. The minimum atomic E-state index is -0.611. The van der Waals surface area contributed by atoms with Crippen LogP contribution >= 0.6 is 0 Å². The number of carbonyl (C=O) groups excluding carboxylic acids is 3. The Labute approximate surface area is 291 Å². The van der Waals surface area contributed by atoms with Crippen molar-refractivity contribution in [2.75, 3.05) is 51.0 Å². The molecule has 0 saturated carbocycles. The second-order valence-electron chi connectivity index (χ2n) is 12.7. The summed E-state index contributed by atoms with van der Waals surface area (Å²) in [6, 6.07) is 31.8. The molecule has 1 atom stereocenters. The summed E-state index contributed by atoms with van der Waals surface area (Å²) in [6.45, 7) is 4.09. The number of nitrogens with zero attached hydrogens (tertiary/aromatic N) is 2. The summed E-state index contributed by atoms with van der Waals surface area (Å²) in [5.74, 6) is -0.240. The molecule has 0 fully saturated rings. The largest absolute Gasteiger partial charge is 0.373 e. The molecule has 0 radical (unpaired) electrons. The minimum absolute atomic E-state index is 0.104. The SMILES string of the molecule is CCCCCCCNC(=O)N(C)c1cccc(-c2ccc(CC(Nc3ccccc3C(=O)c3ccccc3)C(=O)NCCN(C)C)cc2)c1. The summed E-state index contributed by atoms with van der Waals surface area (Å²) in [5.41, 5.74) is 5.51. The number of rotatable bonds is 18. The highest BCUT2D eigenvalue weighted by Crippen LogP contribution is 2.26. The second kappa shape index (κ2) is 19.1. The fourth-order valence-electron chi connectivity index (χ4n) is 5.60. The van der Waals surface area contributed by atoms with Crippen molar-refractivity contribution in [3.05, 3.63) is 120 Å². The van der Waals surface area contributed by atoms with E-state index >= 15 is 0 Å². The van der Waals surface area contributed by atoms with Crippen LogP contribution in [0.25, 0.3) is 11.1 Å². The smallest absolute Gasteiger partial charge is 0.321 e. The number of anilines is 2. The van der Waals surface area contributed by atoms with E-state index in [4.69, 9.17) is 0 Å². The number of hydrogen-bond donors (Lipinski definition) is 3. The van der Waals surface area contributed by atoms with Crippen molar-refractivity contribution >= 4 is 29.1 Å². The number of carbonyl (C=O) groups is 3. The lowest BCUT2D eigenvalue weighted by atomic mass is 9.98. The topological polar surface area (TPSA) is 93.8 Å². The van der Waals surface area contributed by atoms with E-state index in [1.165, 1.54) is 19.3 Å². The standard InChI is InChI=1S/C41H51N5O3/c1-5-6-7-8-14-26-43-41(49)46(4)35-19-15-18-34(30-35)32-24-22-31(23-25-32)29-38(40(48)42-27-28-45(2)3)44-37-21-13-12-20-36(37)39(47)33-16-10-9-11-17-33/h9-13,15-25,30,38,44H,5-8,14,26-29H2,1-4H3,(H,42,48)(H,43,49). The van der Waals surface area contributed by atoms with E-state index < -0.39 is 6.04 Å². The first kappa shape index (κ1) is 36.9. The van der Waals surface area contributed by atoms with Crippen LogP contribution in [-0.2, 0) is 11.2 Å². The van der Waals surface area contributed by atoms with Crippen LogP contribution in [-0.4, -0.2) is 69.4 Å². The van der Waals surface area contributed by atoms with E-state index in [0.29, 0.717) is 42.9 Å². The molecule has 258 valence electrons. The molecular formula is C41H51N5O3. The third-order valence-electron chi connectivity index (χ3n) is 8.53. The zero-order valence-corrected chi connectivity index (χ0v) is 29.4. The third kappa shape index (κ3) is 11.3. The molecule has 1 unspecified atom stereocenters. The van der Waals surface area contributed by atoms with Crippen LogP contribution in [0.3, 0.4) is 0 Å². The summed E-state index contributed by atoms with van der Waals surface area (Å²) in [7, 11) is 5.72. The van der Waals surface area contributed by atoms with E-state index in [9.17, 15) is 14.4 Å². The van der Waals surface area contributed by atoms with Crippen LogP contribution in [0.15, 0.2) is 103 Å². The molecule has 3 amide bonds. The number of benzene rings is 4. The second-order valence-corrected chi connectivity index (χ2v) is 12.7. The fourth-order valence-corrected chi connectivity index (χ4v) is 5.60. The molecule has 8 heteroatoms. The Hall–Kier alpha value is -4.95. The molecule has 0 spiro atoms. The van der Waals surface area contributed by atoms with Crippen LogP contribution in [0.5, 0.6) is 0 Å². The van der Waals surface area contributed by atoms with Gasteiger partial charge in [-0.25, -0.2) is 4.79 Å². The van der Waals surface area contributed by atoms with Gasteiger partial charge in [-0.2, -0.15) is 0 Å². The van der Waals surface area contributed by atoms with Gasteiger partial charge in [0.15, 0.2) is 5.78 Å². The molecule has 0 aliphatic carbocycles. The third-order valence-corrected chi connectivity index (χ3v) is 8.53. The number of para-hydroxylation sites is 1. The van der Waals surface area contributed by atoms with Gasteiger partial charge in [-0.3, -0.25) is 14.5 Å². The Morgan fingerprint density at radius 3 is 2.14 bits per heavy atom. The van der Waals surface area contributed by atoms with Crippen LogP contribution in [0.1, 0.15) is 60.5 Å². The Balaban J connectivity index is 1.47. The number of likely N-dealkylation sites (N-methyl/N-ethyl adjacent to an activating group) is 1. The van der Waals surface area contributed by atoms with E-state index in [2.05, 4.69) is 22.9 Å². The molecule has 0 heterocycles. The quantitative estimate of drug-likeness (QED) is 0.0764. The number of urea groups is 1. The average Bonchev–Trinajstić information content (AvgIpc) is 3.12. The molecule has 3 N–H and O–H groups in total. The van der Waals surface area contributed by atoms with Crippen LogP contribution in [0.2, 0.25) is 0 Å². The predicted molar refractivity (Wildman–Crippen MR) is 201 cm³/mol. The highest BCUT2D eigenvalue weighted by atomic mass is 16.2. The molecule has 0 saturated heterocycles. The molecule has 0 aliphatic rings. The monoisotopic (exact) mass is 661 g/mol. The maximum absolute atomic E-state index is 13.5. The first-order chi connectivity index (χ1) is 23.8. The van der Waals surface area contributed by atoms with Gasteiger partial charge in [0, 0.05) is 55.6 Å². The van der Waals surface area contributed by atoms with Crippen molar-refractivity contribution in [1.29, 1.82) is 0 Å². The maximum atomic E-state index is 13.5. The zero-order chi connectivity index (χ0) is 35.0. The first-order valence-corrected chi connectivity index (χ1v) is 17.4. The van der Waals surface area contributed by atoms with Gasteiger partial charge in [-0.1, -0.05) is 111 Å². The number of hydrogen-bond acceptors (Lipinski definition) is 5. The molecule has 0 bridgehead atoms. The van der Waals surface area contributed by atoms with Crippen molar-refractivity contribution in [1.82, 2.24) is 15.5 Å². The van der Waals surface area contributed by atoms with Crippen LogP contribution in [0, 0.1) is 0 Å². The molecule has 4 rings (SSSR count). The lowest BCUT2D eigenvalue weighted by Gasteiger charge is -2.22. The van der Waals surface area contributed by atoms with Gasteiger partial charge in [0.25, 0.3) is 0 Å². The van der Waals surface area contributed by atoms with Crippen molar-refractivity contribution in [2.24, 2.45) is 0 Å². The van der Waals surface area contributed by atoms with Gasteiger partial charge in [-0.05, 0) is 61.5 Å². The van der Waals surface area contributed by atoms with Gasteiger partial charge >= 0.3 is 6.03 Å². The van der Waals surface area contributed by atoms with Crippen LogP contribution < -0.4 is 20.9 Å². The highest BCUT2D eigenvalue weighted by Gasteiger charge is 2.22. The molecule has 49 heavy (non-hydrogen) atoms. The van der Waals surface area contributed by atoms with Crippen molar-refractivity contribution in [2.45, 2.75) is 51.5 Å². The summed E-state index contributed by atoms with van der Waals surface area (Å²) >= 11 is 0. The van der Waals surface area contributed by atoms with Gasteiger partial charge in [0.05, 0.1) is 0 Å². The predicted octanol–water partition coefficient (Wildman–Crippen LogP) is 7.40. The molecule has 8 nitrogen and oxygen atoms in total. The Kier molecular flexibility index (Phi) is 14.4. The van der Waals surface area contributed by atoms with E-state index in [0.717, 1.165) is 35.2 Å². The van der Waals surface area contributed by atoms with Gasteiger partial charge in [-0.15, -0.1) is 0 Å². The zero-order valence-electron chi connectivity index (χ0n) is 29.4. The highest BCUT2D eigenvalue weighted by molar-refractivity contribution is 6.12. The Bertz CT molecular complexity index is 1640. The van der Waals surface area contributed by atoms with Crippen molar-refractivity contribution in [3.63, 3.8) is 0 Å². The van der Waals surface area contributed by atoms with Crippen molar-refractivity contribution < 1.29 is 14.4 Å². The number of ketones is 1. The molecule has 4 aromatic rings. The van der Waals surface area contributed by atoms with E-state index in [1.807, 2.05) is 104 Å². The van der Waals surface area contributed by atoms with E-state index in [-0.39, 0.29) is 17.7 Å². The fraction of sp³-hybridized carbons (Fsp3) is 0.341.